The highest BCUT2D eigenvalue weighted by atomic mass is 15.3. The molecule has 0 saturated carbocycles. The second kappa shape index (κ2) is 3.71. The SMILES string of the molecule is CCn1ccc(C2C(N)CCN2C)n1. The molecule has 2 rings (SSSR count). The van der Waals surface area contributed by atoms with Crippen LogP contribution in [-0.4, -0.2) is 34.3 Å². The minimum atomic E-state index is 0.236. The van der Waals surface area contributed by atoms with Gasteiger partial charge in [-0.3, -0.25) is 9.58 Å². The van der Waals surface area contributed by atoms with Crippen LogP contribution in [0.3, 0.4) is 0 Å². The van der Waals surface area contributed by atoms with Crippen LogP contribution in [0.4, 0.5) is 0 Å². The van der Waals surface area contributed by atoms with Gasteiger partial charge < -0.3 is 5.73 Å². The van der Waals surface area contributed by atoms with Gasteiger partial charge >= 0.3 is 0 Å². The molecular weight excluding hydrogens is 176 g/mol. The Morgan fingerprint density at radius 1 is 1.64 bits per heavy atom. The van der Waals surface area contributed by atoms with E-state index >= 15 is 0 Å². The molecule has 0 aliphatic carbocycles. The van der Waals surface area contributed by atoms with E-state index in [1.165, 1.54) is 0 Å². The number of nitrogens with two attached hydrogens (primary N) is 1. The first-order valence-corrected chi connectivity index (χ1v) is 5.21. The molecule has 1 aromatic rings. The van der Waals surface area contributed by atoms with E-state index in [1.807, 2.05) is 10.9 Å². The Morgan fingerprint density at radius 3 is 2.93 bits per heavy atom. The Labute approximate surface area is 84.7 Å². The number of hydrogen-bond donors (Lipinski definition) is 1. The summed E-state index contributed by atoms with van der Waals surface area (Å²) in [7, 11) is 2.11. The summed E-state index contributed by atoms with van der Waals surface area (Å²) in [5, 5.41) is 4.51. The Balaban J connectivity index is 2.20. The lowest BCUT2D eigenvalue weighted by Gasteiger charge is -2.20. The van der Waals surface area contributed by atoms with Gasteiger partial charge in [0.05, 0.1) is 11.7 Å². The number of nitrogens with zero attached hydrogens (tertiary/aromatic N) is 3. The quantitative estimate of drug-likeness (QED) is 0.750. The van der Waals surface area contributed by atoms with E-state index in [0.29, 0.717) is 6.04 Å². The molecule has 0 aromatic carbocycles. The fourth-order valence-corrected chi connectivity index (χ4v) is 2.13. The van der Waals surface area contributed by atoms with Crippen molar-refractivity contribution in [2.45, 2.75) is 32.0 Å². The second-order valence-electron chi connectivity index (χ2n) is 3.97. The van der Waals surface area contributed by atoms with Crippen molar-refractivity contribution in [3.63, 3.8) is 0 Å². The van der Waals surface area contributed by atoms with Crippen LogP contribution in [0.2, 0.25) is 0 Å². The van der Waals surface area contributed by atoms with Gasteiger partial charge in [0.25, 0.3) is 0 Å². The van der Waals surface area contributed by atoms with Crippen molar-refractivity contribution in [1.82, 2.24) is 14.7 Å². The van der Waals surface area contributed by atoms with Crippen molar-refractivity contribution in [3.8, 4) is 0 Å². The zero-order chi connectivity index (χ0) is 10.1. The monoisotopic (exact) mass is 194 g/mol. The molecule has 1 saturated heterocycles. The summed E-state index contributed by atoms with van der Waals surface area (Å²) >= 11 is 0. The lowest BCUT2D eigenvalue weighted by molar-refractivity contribution is 0.296. The van der Waals surface area contributed by atoms with Crippen molar-refractivity contribution < 1.29 is 0 Å². The summed E-state index contributed by atoms with van der Waals surface area (Å²) in [4.78, 5) is 2.28. The molecule has 2 atom stereocenters. The van der Waals surface area contributed by atoms with Crippen molar-refractivity contribution in [2.75, 3.05) is 13.6 Å². The molecule has 78 valence electrons. The summed E-state index contributed by atoms with van der Waals surface area (Å²) < 4.78 is 1.95. The number of hydrogen-bond acceptors (Lipinski definition) is 3. The summed E-state index contributed by atoms with van der Waals surface area (Å²) in [5.74, 6) is 0. The molecule has 4 heteroatoms. The van der Waals surface area contributed by atoms with Crippen molar-refractivity contribution in [1.29, 1.82) is 0 Å². The zero-order valence-electron chi connectivity index (χ0n) is 8.85. The third-order valence-corrected chi connectivity index (χ3v) is 2.98. The van der Waals surface area contributed by atoms with Crippen LogP contribution in [0.1, 0.15) is 25.1 Å². The summed E-state index contributed by atoms with van der Waals surface area (Å²) in [6.07, 6.45) is 3.09. The third-order valence-electron chi connectivity index (χ3n) is 2.98. The molecule has 14 heavy (non-hydrogen) atoms. The third kappa shape index (κ3) is 1.55. The predicted octanol–water partition coefficient (Wildman–Crippen LogP) is 0.607. The van der Waals surface area contributed by atoms with Gasteiger partial charge in [-0.15, -0.1) is 0 Å². The maximum Gasteiger partial charge on any atom is 0.0811 e. The topological polar surface area (TPSA) is 47.1 Å². The van der Waals surface area contributed by atoms with E-state index in [9.17, 15) is 0 Å². The molecular formula is C10H18N4. The van der Waals surface area contributed by atoms with Crippen LogP contribution in [0.5, 0.6) is 0 Å². The highest BCUT2D eigenvalue weighted by Gasteiger charge is 2.31. The van der Waals surface area contributed by atoms with Crippen molar-refractivity contribution in [2.24, 2.45) is 5.73 Å². The van der Waals surface area contributed by atoms with Gasteiger partial charge in [-0.2, -0.15) is 5.10 Å². The molecule has 0 bridgehead atoms. The van der Waals surface area contributed by atoms with E-state index in [0.717, 1.165) is 25.2 Å². The Hall–Kier alpha value is -0.870. The van der Waals surface area contributed by atoms with E-state index < -0.39 is 0 Å². The maximum atomic E-state index is 6.06. The van der Waals surface area contributed by atoms with E-state index in [-0.39, 0.29) is 6.04 Å². The zero-order valence-corrected chi connectivity index (χ0v) is 8.85. The molecule has 2 heterocycles. The van der Waals surface area contributed by atoms with Gasteiger partial charge in [0.2, 0.25) is 0 Å². The van der Waals surface area contributed by atoms with Crippen LogP contribution in [-0.2, 0) is 6.54 Å². The second-order valence-corrected chi connectivity index (χ2v) is 3.97. The lowest BCUT2D eigenvalue weighted by atomic mass is 10.1. The van der Waals surface area contributed by atoms with Crippen molar-refractivity contribution in [3.05, 3.63) is 18.0 Å². The summed E-state index contributed by atoms with van der Waals surface area (Å²) in [6, 6.07) is 2.62. The number of aromatic nitrogens is 2. The standard InChI is InChI=1S/C10H18N4/c1-3-14-7-5-9(12-14)10-8(11)4-6-13(10)2/h5,7-8,10H,3-4,6,11H2,1-2H3. The predicted molar refractivity (Wildman–Crippen MR) is 55.9 cm³/mol. The van der Waals surface area contributed by atoms with Crippen LogP contribution in [0.25, 0.3) is 0 Å². The van der Waals surface area contributed by atoms with E-state index in [2.05, 4.69) is 30.0 Å². The molecule has 0 radical (unpaired) electrons. The van der Waals surface area contributed by atoms with Crippen molar-refractivity contribution >= 4 is 0 Å². The number of likely N-dealkylation sites (tertiary alicyclic amines) is 1. The minimum absolute atomic E-state index is 0.236. The van der Waals surface area contributed by atoms with Gasteiger partial charge in [-0.1, -0.05) is 0 Å². The molecule has 4 nitrogen and oxygen atoms in total. The molecule has 1 aliphatic heterocycles. The smallest absolute Gasteiger partial charge is 0.0811 e. The molecule has 1 aliphatic rings. The van der Waals surface area contributed by atoms with Crippen LogP contribution < -0.4 is 5.73 Å². The Kier molecular flexibility index (Phi) is 2.56. The fourth-order valence-electron chi connectivity index (χ4n) is 2.13. The molecule has 0 amide bonds. The molecule has 1 fully saturated rings. The minimum Gasteiger partial charge on any atom is -0.326 e. The number of aryl methyl sites for hydroxylation is 1. The molecule has 0 spiro atoms. The molecule has 2 unspecified atom stereocenters. The largest absolute Gasteiger partial charge is 0.326 e. The van der Waals surface area contributed by atoms with Gasteiger partial charge in [-0.05, 0) is 26.5 Å². The fraction of sp³-hybridized carbons (Fsp3) is 0.700. The first kappa shape index (κ1) is 9.68. The maximum absolute atomic E-state index is 6.06. The van der Waals surface area contributed by atoms with Gasteiger partial charge in [0.15, 0.2) is 0 Å². The van der Waals surface area contributed by atoms with Crippen LogP contribution >= 0.6 is 0 Å². The Morgan fingerprint density at radius 2 is 2.43 bits per heavy atom. The average Bonchev–Trinajstić information content (AvgIpc) is 2.73. The lowest BCUT2D eigenvalue weighted by Crippen LogP contribution is -2.30. The first-order chi connectivity index (χ1) is 6.72. The summed E-state index contributed by atoms with van der Waals surface area (Å²) in [6.45, 7) is 4.09. The highest BCUT2D eigenvalue weighted by Crippen LogP contribution is 2.27. The van der Waals surface area contributed by atoms with Gasteiger partial charge in [0, 0.05) is 25.3 Å². The van der Waals surface area contributed by atoms with E-state index in [4.69, 9.17) is 5.73 Å². The average molecular weight is 194 g/mol. The highest BCUT2D eigenvalue weighted by molar-refractivity contribution is 5.11. The number of rotatable bonds is 2. The number of likely N-dealkylation sites (N-methyl/N-ethyl adjacent to an activating group) is 1. The molecule has 1 aromatic heterocycles. The first-order valence-electron chi connectivity index (χ1n) is 5.21. The normalized spacial score (nSPS) is 28.5. The summed E-state index contributed by atoms with van der Waals surface area (Å²) in [5.41, 5.74) is 7.17. The van der Waals surface area contributed by atoms with E-state index in [1.54, 1.807) is 0 Å². The van der Waals surface area contributed by atoms with Crippen LogP contribution in [0, 0.1) is 0 Å². The van der Waals surface area contributed by atoms with Crippen LogP contribution in [0.15, 0.2) is 12.3 Å². The van der Waals surface area contributed by atoms with Gasteiger partial charge in [-0.25, -0.2) is 0 Å². The molecule has 2 N–H and O–H groups in total. The van der Waals surface area contributed by atoms with Gasteiger partial charge in [0.1, 0.15) is 0 Å². The Bertz CT molecular complexity index is 297.